The standard InChI is InChI=1S/C20H19FN6/c1-12-17(16-7-3-5-14(9-22)18(16)26-12)19-24-11-25-20(27-19)23-10-13-4-2-6-15(21)8-13/h2-8,11,26H,9-10,22H2,1H3,(H,23,24,25,27). The maximum absolute atomic E-state index is 13.3. The second-order valence-corrected chi connectivity index (χ2v) is 6.28. The van der Waals surface area contributed by atoms with Crippen molar-refractivity contribution >= 4 is 16.9 Å². The molecule has 7 heteroatoms. The van der Waals surface area contributed by atoms with Gasteiger partial charge >= 0.3 is 0 Å². The summed E-state index contributed by atoms with van der Waals surface area (Å²) in [6, 6.07) is 12.4. The van der Waals surface area contributed by atoms with Crippen LogP contribution in [-0.2, 0) is 13.1 Å². The Kier molecular flexibility index (Phi) is 4.52. The van der Waals surface area contributed by atoms with Crippen LogP contribution in [0.5, 0.6) is 0 Å². The predicted octanol–water partition coefficient (Wildman–Crippen LogP) is 3.54. The first kappa shape index (κ1) is 17.1. The van der Waals surface area contributed by atoms with E-state index in [1.54, 1.807) is 6.07 Å². The lowest BCUT2D eigenvalue weighted by atomic mass is 10.1. The predicted molar refractivity (Wildman–Crippen MR) is 103 cm³/mol. The van der Waals surface area contributed by atoms with Crippen LogP contribution in [0.4, 0.5) is 10.3 Å². The van der Waals surface area contributed by atoms with E-state index in [9.17, 15) is 4.39 Å². The number of nitrogens with zero attached hydrogens (tertiary/aromatic N) is 3. The number of aromatic nitrogens is 4. The van der Waals surface area contributed by atoms with Crippen molar-refractivity contribution in [2.45, 2.75) is 20.0 Å². The number of hydrogen-bond acceptors (Lipinski definition) is 5. The quantitative estimate of drug-likeness (QED) is 0.505. The third-order valence-corrected chi connectivity index (χ3v) is 4.46. The van der Waals surface area contributed by atoms with Gasteiger partial charge in [-0.15, -0.1) is 0 Å². The molecule has 0 saturated carbocycles. The second kappa shape index (κ2) is 7.13. The second-order valence-electron chi connectivity index (χ2n) is 6.28. The van der Waals surface area contributed by atoms with E-state index in [4.69, 9.17) is 5.73 Å². The molecule has 0 bridgehead atoms. The monoisotopic (exact) mass is 362 g/mol. The number of benzene rings is 2. The van der Waals surface area contributed by atoms with Crippen molar-refractivity contribution in [1.29, 1.82) is 0 Å². The third-order valence-electron chi connectivity index (χ3n) is 4.46. The highest BCUT2D eigenvalue weighted by molar-refractivity contribution is 5.97. The van der Waals surface area contributed by atoms with Crippen LogP contribution in [0, 0.1) is 12.7 Å². The molecule has 0 saturated heterocycles. The lowest BCUT2D eigenvalue weighted by Crippen LogP contribution is -2.05. The number of halogens is 1. The first-order valence-electron chi connectivity index (χ1n) is 8.63. The molecule has 0 spiro atoms. The zero-order chi connectivity index (χ0) is 18.8. The molecule has 0 aliphatic heterocycles. The minimum Gasteiger partial charge on any atom is -0.358 e. The van der Waals surface area contributed by atoms with Gasteiger partial charge in [-0.2, -0.15) is 4.98 Å². The smallest absolute Gasteiger partial charge is 0.226 e. The zero-order valence-electron chi connectivity index (χ0n) is 14.8. The van der Waals surface area contributed by atoms with Gasteiger partial charge in [-0.05, 0) is 30.2 Å². The Bertz CT molecular complexity index is 1100. The topological polar surface area (TPSA) is 92.5 Å². The molecule has 0 atom stereocenters. The van der Waals surface area contributed by atoms with Crippen LogP contribution in [0.25, 0.3) is 22.3 Å². The molecule has 2 aromatic carbocycles. The van der Waals surface area contributed by atoms with Gasteiger partial charge in [-0.1, -0.05) is 30.3 Å². The van der Waals surface area contributed by atoms with Gasteiger partial charge in [-0.25, -0.2) is 14.4 Å². The molecule has 136 valence electrons. The molecule has 4 rings (SSSR count). The maximum Gasteiger partial charge on any atom is 0.226 e. The van der Waals surface area contributed by atoms with Gasteiger partial charge in [0, 0.05) is 29.7 Å². The number of aromatic amines is 1. The number of rotatable bonds is 5. The Morgan fingerprint density at radius 2 is 2.00 bits per heavy atom. The Morgan fingerprint density at radius 1 is 1.15 bits per heavy atom. The fourth-order valence-corrected chi connectivity index (χ4v) is 3.20. The number of hydrogen-bond donors (Lipinski definition) is 3. The van der Waals surface area contributed by atoms with Gasteiger partial charge in [0.15, 0.2) is 5.82 Å². The summed E-state index contributed by atoms with van der Waals surface area (Å²) < 4.78 is 13.3. The summed E-state index contributed by atoms with van der Waals surface area (Å²) in [5.41, 5.74) is 10.6. The fourth-order valence-electron chi connectivity index (χ4n) is 3.20. The SMILES string of the molecule is Cc1[nH]c2c(CN)cccc2c1-c1ncnc(NCc2cccc(F)c2)n1. The number of anilines is 1. The molecule has 2 aromatic heterocycles. The molecular weight excluding hydrogens is 343 g/mol. The summed E-state index contributed by atoms with van der Waals surface area (Å²) in [5.74, 6) is 0.744. The van der Waals surface area contributed by atoms with Crippen molar-refractivity contribution < 1.29 is 4.39 Å². The molecule has 0 unspecified atom stereocenters. The van der Waals surface area contributed by atoms with Crippen molar-refractivity contribution in [3.63, 3.8) is 0 Å². The summed E-state index contributed by atoms with van der Waals surface area (Å²) in [4.78, 5) is 16.4. The van der Waals surface area contributed by atoms with Gasteiger partial charge in [0.25, 0.3) is 0 Å². The summed E-state index contributed by atoms with van der Waals surface area (Å²) >= 11 is 0. The normalized spacial score (nSPS) is 11.1. The molecule has 0 fully saturated rings. The highest BCUT2D eigenvalue weighted by Crippen LogP contribution is 2.31. The highest BCUT2D eigenvalue weighted by Gasteiger charge is 2.15. The van der Waals surface area contributed by atoms with E-state index in [1.165, 1.54) is 18.5 Å². The molecule has 4 aromatic rings. The molecule has 4 N–H and O–H groups in total. The van der Waals surface area contributed by atoms with Crippen molar-refractivity contribution in [1.82, 2.24) is 19.9 Å². The number of nitrogens with one attached hydrogen (secondary N) is 2. The minimum absolute atomic E-state index is 0.268. The van der Waals surface area contributed by atoms with Gasteiger partial charge < -0.3 is 16.0 Å². The van der Waals surface area contributed by atoms with Crippen molar-refractivity contribution in [3.05, 3.63) is 71.4 Å². The van der Waals surface area contributed by atoms with E-state index in [0.29, 0.717) is 24.9 Å². The molecule has 2 heterocycles. The number of para-hydroxylation sites is 1. The van der Waals surface area contributed by atoms with Crippen LogP contribution < -0.4 is 11.1 Å². The molecule has 0 amide bonds. The average Bonchev–Trinajstić information content (AvgIpc) is 3.02. The van der Waals surface area contributed by atoms with Gasteiger partial charge in [-0.3, -0.25) is 0 Å². The molecule has 0 aliphatic carbocycles. The van der Waals surface area contributed by atoms with Gasteiger partial charge in [0.05, 0.1) is 5.52 Å². The Balaban J connectivity index is 1.67. The summed E-state index contributed by atoms with van der Waals surface area (Å²) in [6.45, 7) is 2.86. The van der Waals surface area contributed by atoms with E-state index >= 15 is 0 Å². The van der Waals surface area contributed by atoms with Crippen LogP contribution in [0.3, 0.4) is 0 Å². The highest BCUT2D eigenvalue weighted by atomic mass is 19.1. The average molecular weight is 362 g/mol. The number of nitrogens with two attached hydrogens (primary N) is 1. The molecule has 27 heavy (non-hydrogen) atoms. The number of aryl methyl sites for hydroxylation is 1. The van der Waals surface area contributed by atoms with E-state index in [1.807, 2.05) is 31.2 Å². The summed E-state index contributed by atoms with van der Waals surface area (Å²) in [7, 11) is 0. The van der Waals surface area contributed by atoms with Crippen LogP contribution in [0.1, 0.15) is 16.8 Å². The van der Waals surface area contributed by atoms with Crippen LogP contribution >= 0.6 is 0 Å². The summed E-state index contributed by atoms with van der Waals surface area (Å²) in [6.07, 6.45) is 1.47. The van der Waals surface area contributed by atoms with E-state index in [0.717, 1.165) is 33.3 Å². The Morgan fingerprint density at radius 3 is 2.81 bits per heavy atom. The van der Waals surface area contributed by atoms with E-state index in [-0.39, 0.29) is 5.82 Å². The molecular formula is C20H19FN6. The van der Waals surface area contributed by atoms with Crippen LogP contribution in [0.2, 0.25) is 0 Å². The van der Waals surface area contributed by atoms with Crippen molar-refractivity contribution in [2.24, 2.45) is 5.73 Å². The minimum atomic E-state index is -0.268. The summed E-state index contributed by atoms with van der Waals surface area (Å²) in [5, 5.41) is 4.15. The van der Waals surface area contributed by atoms with E-state index < -0.39 is 0 Å². The largest absolute Gasteiger partial charge is 0.358 e. The Labute approximate surface area is 155 Å². The van der Waals surface area contributed by atoms with Crippen LogP contribution in [0.15, 0.2) is 48.8 Å². The van der Waals surface area contributed by atoms with Crippen molar-refractivity contribution in [3.8, 4) is 11.4 Å². The molecule has 0 radical (unpaired) electrons. The fraction of sp³-hybridized carbons (Fsp3) is 0.150. The molecule has 6 nitrogen and oxygen atoms in total. The zero-order valence-corrected chi connectivity index (χ0v) is 14.8. The maximum atomic E-state index is 13.3. The van der Waals surface area contributed by atoms with Gasteiger partial charge in [0.1, 0.15) is 12.1 Å². The third kappa shape index (κ3) is 3.37. The van der Waals surface area contributed by atoms with E-state index in [2.05, 4.69) is 25.3 Å². The first-order valence-corrected chi connectivity index (χ1v) is 8.63. The van der Waals surface area contributed by atoms with Gasteiger partial charge in [0.2, 0.25) is 5.95 Å². The molecule has 0 aliphatic rings. The first-order chi connectivity index (χ1) is 13.2. The lowest BCUT2D eigenvalue weighted by Gasteiger charge is -2.07. The van der Waals surface area contributed by atoms with Crippen LogP contribution in [-0.4, -0.2) is 19.9 Å². The van der Waals surface area contributed by atoms with Crippen molar-refractivity contribution in [2.75, 3.05) is 5.32 Å². The Hall–Kier alpha value is -3.32. The number of H-pyrrole nitrogens is 1. The number of fused-ring (bicyclic) bond motifs is 1. The lowest BCUT2D eigenvalue weighted by molar-refractivity contribution is 0.626.